The number of hydrogen-bond acceptors (Lipinski definition) is 26. The molecule has 3 fully saturated rings. The van der Waals surface area contributed by atoms with Gasteiger partial charge in [0, 0.05) is 34.8 Å². The van der Waals surface area contributed by atoms with Crippen molar-refractivity contribution in [3.05, 3.63) is 215 Å². The van der Waals surface area contributed by atoms with Crippen molar-refractivity contribution in [3.63, 3.8) is 0 Å². The number of hydrogen-bond donors (Lipinski definition) is 0. The molecular formula is C69H66O26. The Morgan fingerprint density at radius 3 is 0.789 bits per heavy atom. The number of methoxy groups -OCH3 is 1. The number of esters is 10. The van der Waals surface area contributed by atoms with Crippen LogP contribution < -0.4 is 0 Å². The zero-order chi connectivity index (χ0) is 67.5. The van der Waals surface area contributed by atoms with Crippen LogP contribution in [-0.4, -0.2) is 179 Å². The van der Waals surface area contributed by atoms with Crippen molar-refractivity contribution in [2.24, 2.45) is 0 Å². The minimum absolute atomic E-state index is 0.00849. The molecule has 15 atom stereocenters. The minimum Gasteiger partial charge on any atom is -0.463 e. The van der Waals surface area contributed by atoms with E-state index in [0.29, 0.717) is 0 Å². The summed E-state index contributed by atoms with van der Waals surface area (Å²) >= 11 is 0. The SMILES string of the molecule is CO[C@H]1O[C@H](CO[C@@H]2O[C@H](CO[C@@H]3O[C@H](COC(C)=O)[C@H](OC(C)=O)[C@H](OC(C)=O)[C@H]3OC(C)=O)[C@@H](OC(=O)c3ccccc3)[C@H](OC(=O)c3ccccc3)[C@H]2OC(=O)c2ccccc2)[C@@H](OC(=O)c2ccccc2)[C@H](OC(=O)c2ccccc2)[C@H]1OC(=O)c1ccccc1. The van der Waals surface area contributed by atoms with Gasteiger partial charge < -0.3 is 75.8 Å². The van der Waals surface area contributed by atoms with E-state index in [0.717, 1.165) is 27.7 Å². The lowest BCUT2D eigenvalue weighted by atomic mass is 9.96. The Labute approximate surface area is 543 Å². The molecule has 95 heavy (non-hydrogen) atoms. The second-order valence-corrected chi connectivity index (χ2v) is 21.5. The highest BCUT2D eigenvalue weighted by atomic mass is 16.8. The predicted molar refractivity (Wildman–Crippen MR) is 322 cm³/mol. The first-order chi connectivity index (χ1) is 45.8. The van der Waals surface area contributed by atoms with E-state index in [1.165, 1.54) is 116 Å². The fourth-order valence-corrected chi connectivity index (χ4v) is 10.4. The Hall–Kier alpha value is -10.2. The Morgan fingerprint density at radius 1 is 0.274 bits per heavy atom. The first-order valence-corrected chi connectivity index (χ1v) is 29.8. The Balaban J connectivity index is 1.17. The minimum atomic E-state index is -2.05. The lowest BCUT2D eigenvalue weighted by molar-refractivity contribution is -0.340. The molecule has 26 heteroatoms. The standard InChI is InChI=1S/C69H66O26/c1-39(70)81-36-49-52(84-40(2)71)55(85-41(3)72)59(86-42(4)73)68(88-49)82-38-51-54(91-62(75)44-26-14-7-15-27-44)57(93-64(77)46-30-18-9-19-31-46)60(95-66(79)48-34-22-11-23-35-48)69(89-51)83-37-50-53(90-61(74)43-24-12-6-13-25-43)56(92-63(76)45-28-16-8-17-29-45)58(67(80-5)87-50)94-65(78)47-32-20-10-21-33-47/h6-35,49-60,67-69H,36-38H2,1-5H3/t49-,50-,51-,52+,53-,54-,55+,56+,57+,58-,59-,60-,67+,68-,69-/m1/s1. The van der Waals surface area contributed by atoms with Crippen molar-refractivity contribution >= 4 is 59.7 Å². The van der Waals surface area contributed by atoms with Gasteiger partial charge in [-0.05, 0) is 72.8 Å². The molecule has 6 aromatic carbocycles. The molecule has 3 aliphatic heterocycles. The molecule has 0 aromatic heterocycles. The number of ether oxygens (including phenoxy) is 16. The molecule has 0 N–H and O–H groups in total. The zero-order valence-corrected chi connectivity index (χ0v) is 51.7. The van der Waals surface area contributed by atoms with Crippen LogP contribution in [0.3, 0.4) is 0 Å². The summed E-state index contributed by atoms with van der Waals surface area (Å²) in [6.45, 7) is 1.73. The third-order valence-corrected chi connectivity index (χ3v) is 14.7. The Bertz CT molecular complexity index is 3600. The second-order valence-electron chi connectivity index (χ2n) is 21.5. The van der Waals surface area contributed by atoms with E-state index < -0.39 is 172 Å². The van der Waals surface area contributed by atoms with Crippen molar-refractivity contribution in [1.29, 1.82) is 0 Å². The number of carbonyl (C=O) groups excluding carboxylic acids is 10. The van der Waals surface area contributed by atoms with Gasteiger partial charge in [0.1, 0.15) is 24.9 Å². The molecule has 3 saturated heterocycles. The van der Waals surface area contributed by atoms with Gasteiger partial charge in [-0.15, -0.1) is 0 Å². The normalized spacial score (nSPS) is 25.3. The molecule has 3 aliphatic rings. The zero-order valence-electron chi connectivity index (χ0n) is 51.7. The molecule has 0 amide bonds. The summed E-state index contributed by atoms with van der Waals surface area (Å²) in [7, 11) is 1.19. The van der Waals surface area contributed by atoms with E-state index in [4.69, 9.17) is 75.8 Å². The molecule has 0 bridgehead atoms. The van der Waals surface area contributed by atoms with Crippen LogP contribution in [0.15, 0.2) is 182 Å². The van der Waals surface area contributed by atoms with E-state index in [1.54, 1.807) is 72.8 Å². The smallest absolute Gasteiger partial charge is 0.338 e. The van der Waals surface area contributed by atoms with Gasteiger partial charge in [0.15, 0.2) is 73.8 Å². The highest BCUT2D eigenvalue weighted by Crippen LogP contribution is 2.37. The van der Waals surface area contributed by atoms with Crippen LogP contribution in [0.5, 0.6) is 0 Å². The fraction of sp³-hybridized carbons (Fsp3) is 0.333. The first-order valence-electron chi connectivity index (χ1n) is 29.8. The third kappa shape index (κ3) is 18.3. The molecule has 0 saturated carbocycles. The van der Waals surface area contributed by atoms with Crippen LogP contribution in [0, 0.1) is 0 Å². The monoisotopic (exact) mass is 1310 g/mol. The molecule has 3 heterocycles. The van der Waals surface area contributed by atoms with Crippen molar-refractivity contribution in [1.82, 2.24) is 0 Å². The largest absolute Gasteiger partial charge is 0.463 e. The maximum absolute atomic E-state index is 14.7. The van der Waals surface area contributed by atoms with Crippen LogP contribution in [0.4, 0.5) is 0 Å². The highest BCUT2D eigenvalue weighted by molar-refractivity contribution is 5.93. The van der Waals surface area contributed by atoms with Gasteiger partial charge in [-0.3, -0.25) is 19.2 Å². The predicted octanol–water partition coefficient (Wildman–Crippen LogP) is 6.55. The number of benzene rings is 6. The van der Waals surface area contributed by atoms with E-state index in [9.17, 15) is 47.9 Å². The van der Waals surface area contributed by atoms with Crippen LogP contribution >= 0.6 is 0 Å². The van der Waals surface area contributed by atoms with E-state index in [1.807, 2.05) is 0 Å². The maximum atomic E-state index is 14.7. The van der Waals surface area contributed by atoms with Gasteiger partial charge in [-0.25, -0.2) is 28.8 Å². The van der Waals surface area contributed by atoms with Crippen LogP contribution in [0.2, 0.25) is 0 Å². The van der Waals surface area contributed by atoms with Gasteiger partial charge in [-0.1, -0.05) is 109 Å². The Morgan fingerprint density at radius 2 is 0.495 bits per heavy atom. The summed E-state index contributed by atoms with van der Waals surface area (Å²) in [4.78, 5) is 137. The van der Waals surface area contributed by atoms with Crippen molar-refractivity contribution in [3.8, 4) is 0 Å². The highest BCUT2D eigenvalue weighted by Gasteiger charge is 2.58. The van der Waals surface area contributed by atoms with Crippen LogP contribution in [0.25, 0.3) is 0 Å². The quantitative estimate of drug-likeness (QED) is 0.0458. The molecule has 6 aromatic rings. The maximum Gasteiger partial charge on any atom is 0.338 e. The third-order valence-electron chi connectivity index (χ3n) is 14.7. The molecular weight excluding hydrogens is 1240 g/mol. The molecule has 26 nitrogen and oxygen atoms in total. The molecule has 498 valence electrons. The topological polar surface area (TPSA) is 318 Å². The summed E-state index contributed by atoms with van der Waals surface area (Å²) in [5, 5.41) is 0. The first kappa shape index (κ1) is 69.1. The number of carbonyl (C=O) groups is 10. The van der Waals surface area contributed by atoms with E-state index >= 15 is 0 Å². The summed E-state index contributed by atoms with van der Waals surface area (Å²) in [5.41, 5.74) is -0.0367. The molecule has 0 unspecified atom stereocenters. The van der Waals surface area contributed by atoms with Gasteiger partial charge in [0.05, 0.1) is 46.6 Å². The van der Waals surface area contributed by atoms with Gasteiger partial charge in [0.2, 0.25) is 0 Å². The van der Waals surface area contributed by atoms with E-state index in [2.05, 4.69) is 0 Å². The fourth-order valence-electron chi connectivity index (χ4n) is 10.4. The molecule has 0 radical (unpaired) electrons. The van der Waals surface area contributed by atoms with Gasteiger partial charge in [0.25, 0.3) is 0 Å². The summed E-state index contributed by atoms with van der Waals surface area (Å²) < 4.78 is 98.1. The second kappa shape index (κ2) is 33.1. The van der Waals surface area contributed by atoms with Gasteiger partial charge >= 0.3 is 59.7 Å². The number of rotatable bonds is 24. The molecule has 0 spiro atoms. The van der Waals surface area contributed by atoms with Crippen LogP contribution in [-0.2, 0) is 95.0 Å². The van der Waals surface area contributed by atoms with Crippen LogP contribution in [0.1, 0.15) is 89.8 Å². The van der Waals surface area contributed by atoms with E-state index in [-0.39, 0.29) is 33.4 Å². The van der Waals surface area contributed by atoms with Crippen molar-refractivity contribution in [2.75, 3.05) is 26.9 Å². The summed E-state index contributed by atoms with van der Waals surface area (Å²) in [6, 6.07) is 45.7. The average Bonchev–Trinajstić information content (AvgIpc) is 0.793. The molecule has 0 aliphatic carbocycles. The van der Waals surface area contributed by atoms with Crippen molar-refractivity contribution in [2.45, 2.75) is 120 Å². The van der Waals surface area contributed by atoms with Crippen molar-refractivity contribution < 1.29 is 124 Å². The lowest BCUT2D eigenvalue weighted by Crippen LogP contribution is -2.66. The summed E-state index contributed by atoms with van der Waals surface area (Å²) in [6.07, 6.45) is -27.1. The summed E-state index contributed by atoms with van der Waals surface area (Å²) in [5.74, 6) is -9.75. The molecule has 9 rings (SSSR count). The lowest BCUT2D eigenvalue weighted by Gasteiger charge is -2.47. The average molecular weight is 1310 g/mol. The van der Waals surface area contributed by atoms with Gasteiger partial charge in [-0.2, -0.15) is 0 Å². The Kier molecular flexibility index (Phi) is 24.1.